The highest BCUT2D eigenvalue weighted by molar-refractivity contribution is 5.88. The molecule has 6 heteroatoms. The lowest BCUT2D eigenvalue weighted by Gasteiger charge is -2.18. The molecule has 0 bridgehead atoms. The summed E-state index contributed by atoms with van der Waals surface area (Å²) >= 11 is 0. The van der Waals surface area contributed by atoms with Crippen LogP contribution in [0.4, 0.5) is 10.6 Å². The van der Waals surface area contributed by atoms with Crippen LogP contribution in [0.5, 0.6) is 0 Å². The van der Waals surface area contributed by atoms with Gasteiger partial charge in [0.2, 0.25) is 0 Å². The van der Waals surface area contributed by atoms with E-state index in [1.807, 2.05) is 43.3 Å². The normalized spacial score (nSPS) is 10.4. The summed E-state index contributed by atoms with van der Waals surface area (Å²) in [5.74, 6) is 0.632. The Morgan fingerprint density at radius 2 is 2.00 bits per heavy atom. The standard InChI is InChI=1S/C18H19N5O/c1-14-6-3-4-8-16(14)23-17(9-11-20-23)21-18(24)22(2)13-15-7-5-10-19-12-15/h3-12H,13H2,1-2H3,(H,21,24). The lowest BCUT2D eigenvalue weighted by Crippen LogP contribution is -2.31. The fourth-order valence-electron chi connectivity index (χ4n) is 2.43. The first kappa shape index (κ1) is 15.7. The van der Waals surface area contributed by atoms with Crippen molar-refractivity contribution in [2.45, 2.75) is 13.5 Å². The topological polar surface area (TPSA) is 63.1 Å². The molecule has 1 aromatic carbocycles. The number of rotatable bonds is 4. The molecule has 3 rings (SSSR count). The van der Waals surface area contributed by atoms with Crippen LogP contribution in [0.25, 0.3) is 5.69 Å². The monoisotopic (exact) mass is 321 g/mol. The number of urea groups is 1. The lowest BCUT2D eigenvalue weighted by atomic mass is 10.2. The Hall–Kier alpha value is -3.15. The van der Waals surface area contributed by atoms with Gasteiger partial charge < -0.3 is 4.90 Å². The number of hydrogen-bond acceptors (Lipinski definition) is 3. The Morgan fingerprint density at radius 1 is 1.17 bits per heavy atom. The quantitative estimate of drug-likeness (QED) is 0.802. The van der Waals surface area contributed by atoms with Crippen molar-refractivity contribution in [2.24, 2.45) is 0 Å². The minimum atomic E-state index is -0.200. The van der Waals surface area contributed by atoms with Crippen molar-refractivity contribution in [1.82, 2.24) is 19.7 Å². The molecule has 0 saturated carbocycles. The molecule has 2 aromatic heterocycles. The molecule has 0 aliphatic carbocycles. The molecule has 0 atom stereocenters. The van der Waals surface area contributed by atoms with E-state index in [1.54, 1.807) is 41.3 Å². The van der Waals surface area contributed by atoms with E-state index in [9.17, 15) is 4.79 Å². The van der Waals surface area contributed by atoms with Gasteiger partial charge in [0, 0.05) is 32.1 Å². The summed E-state index contributed by atoms with van der Waals surface area (Å²) in [4.78, 5) is 18.1. The van der Waals surface area contributed by atoms with Crippen molar-refractivity contribution in [3.63, 3.8) is 0 Å². The highest BCUT2D eigenvalue weighted by Crippen LogP contribution is 2.18. The van der Waals surface area contributed by atoms with Crippen LogP contribution in [0.1, 0.15) is 11.1 Å². The van der Waals surface area contributed by atoms with E-state index in [0.29, 0.717) is 12.4 Å². The smallest absolute Gasteiger partial charge is 0.323 e. The zero-order valence-corrected chi connectivity index (χ0v) is 13.7. The van der Waals surface area contributed by atoms with E-state index in [1.165, 1.54) is 0 Å². The number of carbonyl (C=O) groups is 1. The van der Waals surface area contributed by atoms with Crippen molar-refractivity contribution in [3.8, 4) is 5.69 Å². The number of hydrogen-bond donors (Lipinski definition) is 1. The maximum Gasteiger partial charge on any atom is 0.323 e. The summed E-state index contributed by atoms with van der Waals surface area (Å²) < 4.78 is 1.73. The second-order valence-electron chi connectivity index (χ2n) is 5.56. The van der Waals surface area contributed by atoms with Crippen LogP contribution < -0.4 is 5.32 Å². The summed E-state index contributed by atoms with van der Waals surface area (Å²) in [5.41, 5.74) is 3.00. The molecule has 0 unspecified atom stereocenters. The van der Waals surface area contributed by atoms with Crippen molar-refractivity contribution < 1.29 is 4.79 Å². The Kier molecular flexibility index (Phi) is 4.56. The van der Waals surface area contributed by atoms with Gasteiger partial charge in [0.1, 0.15) is 5.82 Å². The number of amides is 2. The van der Waals surface area contributed by atoms with Gasteiger partial charge in [-0.1, -0.05) is 24.3 Å². The zero-order valence-electron chi connectivity index (χ0n) is 13.7. The third-order valence-electron chi connectivity index (χ3n) is 3.71. The molecule has 1 N–H and O–H groups in total. The van der Waals surface area contributed by atoms with E-state index < -0.39 is 0 Å². The first-order chi connectivity index (χ1) is 11.6. The zero-order chi connectivity index (χ0) is 16.9. The molecule has 0 saturated heterocycles. The van der Waals surface area contributed by atoms with Gasteiger partial charge in [-0.05, 0) is 30.2 Å². The SMILES string of the molecule is Cc1ccccc1-n1nccc1NC(=O)N(C)Cc1cccnc1. The van der Waals surface area contributed by atoms with Gasteiger partial charge in [-0.25, -0.2) is 9.48 Å². The number of aryl methyl sites for hydroxylation is 1. The van der Waals surface area contributed by atoms with Crippen LogP contribution in [-0.2, 0) is 6.54 Å². The van der Waals surface area contributed by atoms with Gasteiger partial charge in [0.25, 0.3) is 0 Å². The Balaban J connectivity index is 1.74. The van der Waals surface area contributed by atoms with Gasteiger partial charge >= 0.3 is 6.03 Å². The molecule has 0 spiro atoms. The van der Waals surface area contributed by atoms with Crippen LogP contribution in [0, 0.1) is 6.92 Å². The largest absolute Gasteiger partial charge is 0.323 e. The van der Waals surface area contributed by atoms with Crippen LogP contribution in [0.15, 0.2) is 61.1 Å². The maximum atomic E-state index is 12.4. The third kappa shape index (κ3) is 3.43. The van der Waals surface area contributed by atoms with Gasteiger partial charge in [0.05, 0.1) is 11.9 Å². The van der Waals surface area contributed by atoms with Crippen LogP contribution >= 0.6 is 0 Å². The fraction of sp³-hybridized carbons (Fsp3) is 0.167. The van der Waals surface area contributed by atoms with Crippen LogP contribution in [-0.4, -0.2) is 32.7 Å². The van der Waals surface area contributed by atoms with E-state index in [-0.39, 0.29) is 6.03 Å². The third-order valence-corrected chi connectivity index (χ3v) is 3.71. The average molecular weight is 321 g/mol. The first-order valence-electron chi connectivity index (χ1n) is 7.66. The number of benzene rings is 1. The molecule has 122 valence electrons. The number of carbonyl (C=O) groups excluding carboxylic acids is 1. The molecule has 24 heavy (non-hydrogen) atoms. The lowest BCUT2D eigenvalue weighted by molar-refractivity contribution is 0.220. The van der Waals surface area contributed by atoms with E-state index in [0.717, 1.165) is 16.8 Å². The number of nitrogens with one attached hydrogen (secondary N) is 1. The van der Waals surface area contributed by atoms with Crippen molar-refractivity contribution in [3.05, 3.63) is 72.2 Å². The van der Waals surface area contributed by atoms with E-state index in [4.69, 9.17) is 0 Å². The Labute approximate surface area is 140 Å². The van der Waals surface area contributed by atoms with Crippen molar-refractivity contribution in [1.29, 1.82) is 0 Å². The van der Waals surface area contributed by atoms with E-state index >= 15 is 0 Å². The number of anilines is 1. The van der Waals surface area contributed by atoms with Crippen molar-refractivity contribution in [2.75, 3.05) is 12.4 Å². The Morgan fingerprint density at radius 3 is 2.75 bits per heavy atom. The number of aromatic nitrogens is 3. The molecule has 2 amide bonds. The fourth-order valence-corrected chi connectivity index (χ4v) is 2.43. The summed E-state index contributed by atoms with van der Waals surface area (Å²) in [6.45, 7) is 2.50. The predicted molar refractivity (Wildman–Crippen MR) is 93.0 cm³/mol. The molecule has 2 heterocycles. The average Bonchev–Trinajstić information content (AvgIpc) is 3.04. The second kappa shape index (κ2) is 6.95. The van der Waals surface area contributed by atoms with Gasteiger partial charge in [-0.2, -0.15) is 5.10 Å². The highest BCUT2D eigenvalue weighted by Gasteiger charge is 2.13. The molecular weight excluding hydrogens is 302 g/mol. The molecule has 3 aromatic rings. The summed E-state index contributed by atoms with van der Waals surface area (Å²) in [6.07, 6.45) is 5.13. The number of para-hydroxylation sites is 1. The van der Waals surface area contributed by atoms with Crippen molar-refractivity contribution >= 4 is 11.8 Å². The van der Waals surface area contributed by atoms with Gasteiger partial charge in [-0.3, -0.25) is 10.3 Å². The second-order valence-corrected chi connectivity index (χ2v) is 5.56. The maximum absolute atomic E-state index is 12.4. The van der Waals surface area contributed by atoms with Crippen LogP contribution in [0.2, 0.25) is 0 Å². The molecule has 0 radical (unpaired) electrons. The summed E-state index contributed by atoms with van der Waals surface area (Å²) in [7, 11) is 1.75. The molecular formula is C18H19N5O. The minimum absolute atomic E-state index is 0.200. The molecule has 0 fully saturated rings. The Bertz CT molecular complexity index is 828. The number of nitrogens with zero attached hydrogens (tertiary/aromatic N) is 4. The van der Waals surface area contributed by atoms with E-state index in [2.05, 4.69) is 15.4 Å². The first-order valence-corrected chi connectivity index (χ1v) is 7.66. The number of pyridine rings is 1. The molecule has 6 nitrogen and oxygen atoms in total. The van der Waals surface area contributed by atoms with Gasteiger partial charge in [0.15, 0.2) is 0 Å². The predicted octanol–water partition coefficient (Wildman–Crippen LogP) is 3.24. The highest BCUT2D eigenvalue weighted by atomic mass is 16.2. The van der Waals surface area contributed by atoms with Crippen LogP contribution in [0.3, 0.4) is 0 Å². The van der Waals surface area contributed by atoms with Gasteiger partial charge in [-0.15, -0.1) is 0 Å². The molecule has 0 aliphatic rings. The molecule has 0 aliphatic heterocycles. The summed E-state index contributed by atoms with van der Waals surface area (Å²) in [6, 6.07) is 13.3. The summed E-state index contributed by atoms with van der Waals surface area (Å²) in [5, 5.41) is 7.22. The minimum Gasteiger partial charge on any atom is -0.323 e.